The predicted octanol–water partition coefficient (Wildman–Crippen LogP) is 3.54. The number of rotatable bonds is 5. The van der Waals surface area contributed by atoms with Crippen molar-refractivity contribution in [3.05, 3.63) is 52.9 Å². The number of hydrogen-bond acceptors (Lipinski definition) is 3. The fourth-order valence-electron chi connectivity index (χ4n) is 1.85. The van der Waals surface area contributed by atoms with Gasteiger partial charge in [-0.25, -0.2) is 0 Å². The first-order valence-corrected chi connectivity index (χ1v) is 6.35. The first-order valence-electron chi connectivity index (χ1n) is 5.97. The van der Waals surface area contributed by atoms with Crippen LogP contribution in [0.15, 0.2) is 41.0 Å². The second-order valence-corrected chi connectivity index (χ2v) is 4.66. The molecule has 96 valence electrons. The molecule has 1 aromatic carbocycles. The van der Waals surface area contributed by atoms with E-state index in [-0.39, 0.29) is 0 Å². The predicted molar refractivity (Wildman–Crippen MR) is 74.4 cm³/mol. The van der Waals surface area contributed by atoms with Crippen LogP contribution in [-0.2, 0) is 13.1 Å². The maximum Gasteiger partial charge on any atom is 0.117 e. The van der Waals surface area contributed by atoms with E-state index in [1.165, 1.54) is 0 Å². The lowest BCUT2D eigenvalue weighted by atomic mass is 10.1. The molecule has 0 unspecified atom stereocenters. The third-order valence-electron chi connectivity index (χ3n) is 2.91. The molecule has 0 radical (unpaired) electrons. The van der Waals surface area contributed by atoms with Crippen molar-refractivity contribution in [2.24, 2.45) is 0 Å². The molecule has 0 bridgehead atoms. The lowest BCUT2D eigenvalue weighted by molar-refractivity contribution is 0.248. The van der Waals surface area contributed by atoms with E-state index >= 15 is 0 Å². The number of hydrogen-bond donors (Lipinski definition) is 1. The molecular weight excluding hydrogens is 248 g/mol. The van der Waals surface area contributed by atoms with Crippen LogP contribution in [0.4, 0.5) is 5.69 Å². The number of nitrogen functional groups attached to an aromatic ring is 1. The van der Waals surface area contributed by atoms with Gasteiger partial charge < -0.3 is 10.2 Å². The van der Waals surface area contributed by atoms with Gasteiger partial charge in [-0.1, -0.05) is 18.5 Å². The first-order chi connectivity index (χ1) is 8.69. The van der Waals surface area contributed by atoms with Crippen molar-refractivity contribution >= 4 is 17.3 Å². The zero-order valence-electron chi connectivity index (χ0n) is 10.4. The van der Waals surface area contributed by atoms with Gasteiger partial charge in [-0.05, 0) is 42.4 Å². The van der Waals surface area contributed by atoms with Crippen LogP contribution >= 0.6 is 11.6 Å². The van der Waals surface area contributed by atoms with Crippen molar-refractivity contribution in [3.63, 3.8) is 0 Å². The van der Waals surface area contributed by atoms with Gasteiger partial charge in [0.05, 0.1) is 12.8 Å². The van der Waals surface area contributed by atoms with Crippen LogP contribution in [0.1, 0.15) is 18.2 Å². The van der Waals surface area contributed by atoms with E-state index in [0.717, 1.165) is 36.6 Å². The second kappa shape index (κ2) is 5.94. The fraction of sp³-hybridized carbons (Fsp3) is 0.286. The highest BCUT2D eigenvalue weighted by atomic mass is 35.5. The molecule has 0 amide bonds. The number of nitrogens with two attached hydrogens (primary N) is 1. The van der Waals surface area contributed by atoms with Gasteiger partial charge in [0.15, 0.2) is 0 Å². The van der Waals surface area contributed by atoms with Crippen LogP contribution in [0.25, 0.3) is 0 Å². The molecule has 0 aliphatic rings. The highest BCUT2D eigenvalue weighted by molar-refractivity contribution is 6.30. The van der Waals surface area contributed by atoms with E-state index in [0.29, 0.717) is 5.02 Å². The van der Waals surface area contributed by atoms with Crippen LogP contribution in [0.3, 0.4) is 0 Å². The molecule has 0 aliphatic heterocycles. The molecule has 0 saturated carbocycles. The van der Waals surface area contributed by atoms with Gasteiger partial charge in [0.1, 0.15) is 5.76 Å². The Bertz CT molecular complexity index is 497. The lowest BCUT2D eigenvalue weighted by Crippen LogP contribution is -2.22. The van der Waals surface area contributed by atoms with E-state index in [1.54, 1.807) is 6.26 Å². The van der Waals surface area contributed by atoms with E-state index in [9.17, 15) is 0 Å². The Morgan fingerprint density at radius 1 is 1.28 bits per heavy atom. The van der Waals surface area contributed by atoms with Gasteiger partial charge in [0, 0.05) is 17.3 Å². The minimum atomic E-state index is 0.716. The minimum Gasteiger partial charge on any atom is -0.468 e. The van der Waals surface area contributed by atoms with Crippen molar-refractivity contribution in [1.82, 2.24) is 4.90 Å². The third kappa shape index (κ3) is 3.28. The molecule has 2 aromatic rings. The summed E-state index contributed by atoms with van der Waals surface area (Å²) in [6.45, 7) is 4.58. The van der Waals surface area contributed by atoms with E-state index in [2.05, 4.69) is 11.8 Å². The van der Waals surface area contributed by atoms with Gasteiger partial charge in [-0.3, -0.25) is 4.90 Å². The third-order valence-corrected chi connectivity index (χ3v) is 3.14. The molecule has 0 atom stereocenters. The highest BCUT2D eigenvalue weighted by Gasteiger charge is 2.09. The van der Waals surface area contributed by atoms with Crippen LogP contribution < -0.4 is 5.73 Å². The van der Waals surface area contributed by atoms with Crippen molar-refractivity contribution in [1.29, 1.82) is 0 Å². The lowest BCUT2D eigenvalue weighted by Gasteiger charge is -2.20. The van der Waals surface area contributed by atoms with Crippen molar-refractivity contribution in [2.75, 3.05) is 12.3 Å². The molecule has 18 heavy (non-hydrogen) atoms. The van der Waals surface area contributed by atoms with Crippen LogP contribution in [0, 0.1) is 0 Å². The molecule has 0 spiro atoms. The van der Waals surface area contributed by atoms with E-state index in [1.807, 2.05) is 30.3 Å². The summed E-state index contributed by atoms with van der Waals surface area (Å²) in [5.74, 6) is 0.956. The summed E-state index contributed by atoms with van der Waals surface area (Å²) in [5, 5.41) is 0.716. The van der Waals surface area contributed by atoms with Crippen LogP contribution in [0.5, 0.6) is 0 Å². The van der Waals surface area contributed by atoms with Crippen LogP contribution in [-0.4, -0.2) is 11.4 Å². The number of nitrogens with zero attached hydrogens (tertiary/aromatic N) is 1. The number of benzene rings is 1. The zero-order valence-corrected chi connectivity index (χ0v) is 11.2. The number of furan rings is 1. The number of halogens is 1. The number of anilines is 1. The average molecular weight is 265 g/mol. The summed E-state index contributed by atoms with van der Waals surface area (Å²) in [7, 11) is 0. The monoisotopic (exact) mass is 264 g/mol. The Balaban J connectivity index is 2.07. The Labute approximate surface area is 112 Å². The summed E-state index contributed by atoms with van der Waals surface area (Å²) >= 11 is 5.99. The molecule has 3 nitrogen and oxygen atoms in total. The van der Waals surface area contributed by atoms with Gasteiger partial charge in [-0.2, -0.15) is 0 Å². The van der Waals surface area contributed by atoms with Gasteiger partial charge in [0.2, 0.25) is 0 Å². The largest absolute Gasteiger partial charge is 0.468 e. The summed E-state index contributed by atoms with van der Waals surface area (Å²) in [5.41, 5.74) is 7.78. The highest BCUT2D eigenvalue weighted by Crippen LogP contribution is 2.20. The standard InChI is InChI=1S/C14H17ClN2O/c1-2-17(10-13-4-3-7-18-13)9-11-8-12(15)5-6-14(11)16/h3-8H,2,9-10,16H2,1H3. The molecular formula is C14H17ClN2O. The smallest absolute Gasteiger partial charge is 0.117 e. The molecule has 0 fully saturated rings. The Morgan fingerprint density at radius 2 is 2.11 bits per heavy atom. The summed E-state index contributed by atoms with van der Waals surface area (Å²) in [6, 6.07) is 9.45. The fourth-order valence-corrected chi connectivity index (χ4v) is 2.05. The summed E-state index contributed by atoms with van der Waals surface area (Å²) in [6.07, 6.45) is 1.69. The van der Waals surface area contributed by atoms with E-state index in [4.69, 9.17) is 21.8 Å². The summed E-state index contributed by atoms with van der Waals surface area (Å²) in [4.78, 5) is 2.25. The molecule has 1 heterocycles. The van der Waals surface area contributed by atoms with Crippen molar-refractivity contribution in [3.8, 4) is 0 Å². The summed E-state index contributed by atoms with van der Waals surface area (Å²) < 4.78 is 5.36. The normalized spacial score (nSPS) is 11.1. The topological polar surface area (TPSA) is 42.4 Å². The molecule has 2 rings (SSSR count). The second-order valence-electron chi connectivity index (χ2n) is 4.23. The first kappa shape index (κ1) is 13.0. The maximum atomic E-state index is 5.99. The average Bonchev–Trinajstić information content (AvgIpc) is 2.85. The quantitative estimate of drug-likeness (QED) is 0.840. The maximum absolute atomic E-state index is 5.99. The Hall–Kier alpha value is -1.45. The molecule has 1 aromatic heterocycles. The Morgan fingerprint density at radius 3 is 2.78 bits per heavy atom. The van der Waals surface area contributed by atoms with Crippen molar-refractivity contribution < 1.29 is 4.42 Å². The molecule has 2 N–H and O–H groups in total. The van der Waals surface area contributed by atoms with Crippen molar-refractivity contribution in [2.45, 2.75) is 20.0 Å². The zero-order chi connectivity index (χ0) is 13.0. The SMILES string of the molecule is CCN(Cc1ccco1)Cc1cc(Cl)ccc1N. The van der Waals surface area contributed by atoms with Gasteiger partial charge >= 0.3 is 0 Å². The molecule has 0 saturated heterocycles. The minimum absolute atomic E-state index is 0.716. The van der Waals surface area contributed by atoms with Gasteiger partial charge in [0.25, 0.3) is 0 Å². The van der Waals surface area contributed by atoms with Gasteiger partial charge in [-0.15, -0.1) is 0 Å². The van der Waals surface area contributed by atoms with Crippen LogP contribution in [0.2, 0.25) is 5.02 Å². The molecule has 0 aliphatic carbocycles. The Kier molecular flexibility index (Phi) is 4.28. The van der Waals surface area contributed by atoms with E-state index < -0.39 is 0 Å². The molecule has 4 heteroatoms.